The average Bonchev–Trinajstić information content (AvgIpc) is 2.32. The molecule has 1 N–H and O–H groups in total. The number of piperidine rings is 2. The molecule has 2 fully saturated rings. The summed E-state index contributed by atoms with van der Waals surface area (Å²) >= 11 is 0. The summed E-state index contributed by atoms with van der Waals surface area (Å²) in [7, 11) is 4.56. The van der Waals surface area contributed by atoms with Gasteiger partial charge in [-0.2, -0.15) is 0 Å². The minimum Gasteiger partial charge on any atom is -0.316 e. The first kappa shape index (κ1) is 14.3. The first-order valence-electron chi connectivity index (χ1n) is 7.65. The van der Waals surface area contributed by atoms with E-state index in [1.807, 2.05) is 0 Å². The third kappa shape index (κ3) is 4.22. The molecule has 2 saturated heterocycles. The maximum atomic E-state index is 3.56. The maximum Gasteiger partial charge on any atom is 0.00446 e. The van der Waals surface area contributed by atoms with Gasteiger partial charge in [0, 0.05) is 19.6 Å². The van der Waals surface area contributed by atoms with Gasteiger partial charge in [-0.3, -0.25) is 0 Å². The molecule has 18 heavy (non-hydrogen) atoms. The summed E-state index contributed by atoms with van der Waals surface area (Å²) in [6.45, 7) is 9.99. The highest BCUT2D eigenvalue weighted by Crippen LogP contribution is 2.27. The van der Waals surface area contributed by atoms with Gasteiger partial charge in [-0.05, 0) is 70.7 Å². The molecule has 2 aliphatic heterocycles. The monoisotopic (exact) mass is 253 g/mol. The van der Waals surface area contributed by atoms with Crippen LogP contribution in [0.15, 0.2) is 0 Å². The molecule has 0 aromatic carbocycles. The quantitative estimate of drug-likeness (QED) is 0.822. The molecule has 1 atom stereocenters. The zero-order valence-electron chi connectivity index (χ0n) is 12.5. The number of hydrogen-bond donors (Lipinski definition) is 1. The van der Waals surface area contributed by atoms with Crippen molar-refractivity contribution in [3.05, 3.63) is 0 Å². The first-order valence-corrected chi connectivity index (χ1v) is 7.65. The minimum atomic E-state index is 0.498. The summed E-state index contributed by atoms with van der Waals surface area (Å²) in [5, 5.41) is 3.56. The van der Waals surface area contributed by atoms with E-state index in [0.29, 0.717) is 5.41 Å². The van der Waals surface area contributed by atoms with Gasteiger partial charge in [0.2, 0.25) is 0 Å². The Morgan fingerprint density at radius 1 is 1.33 bits per heavy atom. The average molecular weight is 253 g/mol. The van der Waals surface area contributed by atoms with E-state index < -0.39 is 0 Å². The fourth-order valence-corrected chi connectivity index (χ4v) is 3.66. The molecule has 0 aromatic rings. The third-order valence-corrected chi connectivity index (χ3v) is 4.75. The molecular weight excluding hydrogens is 222 g/mol. The summed E-state index contributed by atoms with van der Waals surface area (Å²) < 4.78 is 0. The minimum absolute atomic E-state index is 0.498. The Morgan fingerprint density at radius 2 is 2.06 bits per heavy atom. The van der Waals surface area contributed by atoms with Crippen molar-refractivity contribution in [3.63, 3.8) is 0 Å². The topological polar surface area (TPSA) is 18.5 Å². The highest BCUT2D eigenvalue weighted by atomic mass is 15.1. The molecule has 106 valence electrons. The Hall–Kier alpha value is -0.120. The molecule has 2 rings (SSSR count). The maximum absolute atomic E-state index is 3.56. The summed E-state index contributed by atoms with van der Waals surface area (Å²) in [6, 6.07) is 0. The molecule has 0 radical (unpaired) electrons. The molecule has 3 nitrogen and oxygen atoms in total. The van der Waals surface area contributed by atoms with Crippen LogP contribution in [0.3, 0.4) is 0 Å². The van der Waals surface area contributed by atoms with Crippen LogP contribution in [0, 0.1) is 11.3 Å². The molecule has 3 heteroatoms. The number of hydrogen-bond acceptors (Lipinski definition) is 3. The van der Waals surface area contributed by atoms with Gasteiger partial charge in [-0.1, -0.05) is 6.92 Å². The molecule has 2 heterocycles. The Bertz CT molecular complexity index is 240. The van der Waals surface area contributed by atoms with Gasteiger partial charge in [-0.15, -0.1) is 0 Å². The lowest BCUT2D eigenvalue weighted by atomic mass is 9.82. The van der Waals surface area contributed by atoms with Gasteiger partial charge >= 0.3 is 0 Å². The lowest BCUT2D eigenvalue weighted by Gasteiger charge is -2.39. The van der Waals surface area contributed by atoms with Crippen molar-refractivity contribution in [2.24, 2.45) is 11.3 Å². The summed E-state index contributed by atoms with van der Waals surface area (Å²) in [4.78, 5) is 5.05. The number of likely N-dealkylation sites (tertiary alicyclic amines) is 1. The van der Waals surface area contributed by atoms with E-state index in [1.165, 1.54) is 65.0 Å². The van der Waals surface area contributed by atoms with E-state index in [1.54, 1.807) is 0 Å². The SMILES string of the molecule is CN1CCC(CN(C)CC2(C)CCCNC2)CC1. The van der Waals surface area contributed by atoms with Crippen LogP contribution in [0.4, 0.5) is 0 Å². The highest BCUT2D eigenvalue weighted by molar-refractivity contribution is 4.84. The molecule has 0 saturated carbocycles. The molecular formula is C15H31N3. The van der Waals surface area contributed by atoms with Crippen LogP contribution in [0.2, 0.25) is 0 Å². The van der Waals surface area contributed by atoms with Crippen LogP contribution in [0.25, 0.3) is 0 Å². The zero-order valence-corrected chi connectivity index (χ0v) is 12.5. The smallest absolute Gasteiger partial charge is 0.00446 e. The van der Waals surface area contributed by atoms with Gasteiger partial charge in [-0.25, -0.2) is 0 Å². The van der Waals surface area contributed by atoms with Crippen LogP contribution in [-0.4, -0.2) is 63.2 Å². The van der Waals surface area contributed by atoms with E-state index in [9.17, 15) is 0 Å². The van der Waals surface area contributed by atoms with E-state index in [4.69, 9.17) is 0 Å². The van der Waals surface area contributed by atoms with Gasteiger partial charge < -0.3 is 15.1 Å². The molecule has 0 spiro atoms. The fourth-order valence-electron chi connectivity index (χ4n) is 3.66. The van der Waals surface area contributed by atoms with Gasteiger partial charge in [0.25, 0.3) is 0 Å². The van der Waals surface area contributed by atoms with Crippen molar-refractivity contribution >= 4 is 0 Å². The predicted molar refractivity (Wildman–Crippen MR) is 77.9 cm³/mol. The second-order valence-corrected chi connectivity index (χ2v) is 7.03. The molecule has 0 aliphatic carbocycles. The van der Waals surface area contributed by atoms with E-state index in [0.717, 1.165) is 5.92 Å². The van der Waals surface area contributed by atoms with Crippen LogP contribution in [0.1, 0.15) is 32.6 Å². The third-order valence-electron chi connectivity index (χ3n) is 4.75. The van der Waals surface area contributed by atoms with Crippen molar-refractivity contribution in [2.75, 3.05) is 53.4 Å². The van der Waals surface area contributed by atoms with E-state index in [2.05, 4.69) is 36.1 Å². The van der Waals surface area contributed by atoms with Gasteiger partial charge in [0.05, 0.1) is 0 Å². The fraction of sp³-hybridized carbons (Fsp3) is 1.00. The molecule has 0 amide bonds. The lowest BCUT2D eigenvalue weighted by molar-refractivity contribution is 0.119. The molecule has 0 bridgehead atoms. The summed E-state index contributed by atoms with van der Waals surface area (Å²) in [6.07, 6.45) is 5.50. The molecule has 0 aromatic heterocycles. The van der Waals surface area contributed by atoms with Crippen LogP contribution in [-0.2, 0) is 0 Å². The van der Waals surface area contributed by atoms with E-state index in [-0.39, 0.29) is 0 Å². The Balaban J connectivity index is 1.72. The second-order valence-electron chi connectivity index (χ2n) is 7.03. The Kier molecular flexibility index (Phi) is 5.05. The van der Waals surface area contributed by atoms with Crippen molar-refractivity contribution in [2.45, 2.75) is 32.6 Å². The molecule has 1 unspecified atom stereocenters. The Morgan fingerprint density at radius 3 is 2.67 bits per heavy atom. The Labute approximate surface area is 113 Å². The molecule has 2 aliphatic rings. The van der Waals surface area contributed by atoms with Crippen molar-refractivity contribution in [3.8, 4) is 0 Å². The summed E-state index contributed by atoms with van der Waals surface area (Å²) in [5.74, 6) is 0.923. The summed E-state index contributed by atoms with van der Waals surface area (Å²) in [5.41, 5.74) is 0.498. The van der Waals surface area contributed by atoms with E-state index >= 15 is 0 Å². The zero-order chi connectivity index (χ0) is 13.0. The second kappa shape index (κ2) is 6.36. The largest absolute Gasteiger partial charge is 0.316 e. The van der Waals surface area contributed by atoms with Gasteiger partial charge in [0.1, 0.15) is 0 Å². The standard InChI is InChI=1S/C15H31N3/c1-15(7-4-8-16-12-15)13-18(3)11-14-5-9-17(2)10-6-14/h14,16H,4-13H2,1-3H3. The van der Waals surface area contributed by atoms with Crippen molar-refractivity contribution in [1.29, 1.82) is 0 Å². The predicted octanol–water partition coefficient (Wildman–Crippen LogP) is 1.65. The van der Waals surface area contributed by atoms with Crippen molar-refractivity contribution in [1.82, 2.24) is 15.1 Å². The normalized spacial score (nSPS) is 32.0. The first-order chi connectivity index (χ1) is 8.57. The van der Waals surface area contributed by atoms with Crippen LogP contribution >= 0.6 is 0 Å². The number of nitrogens with zero attached hydrogens (tertiary/aromatic N) is 2. The number of nitrogens with one attached hydrogen (secondary N) is 1. The number of rotatable bonds is 4. The lowest BCUT2D eigenvalue weighted by Crippen LogP contribution is -2.46. The van der Waals surface area contributed by atoms with Crippen molar-refractivity contribution < 1.29 is 0 Å². The van der Waals surface area contributed by atoms with Gasteiger partial charge in [0.15, 0.2) is 0 Å². The van der Waals surface area contributed by atoms with Crippen LogP contribution < -0.4 is 5.32 Å². The highest BCUT2D eigenvalue weighted by Gasteiger charge is 2.29. The van der Waals surface area contributed by atoms with Crippen LogP contribution in [0.5, 0.6) is 0 Å².